The molecule has 0 bridgehead atoms. The average molecular weight is 285 g/mol. The van der Waals surface area contributed by atoms with Crippen molar-refractivity contribution in [1.82, 2.24) is 0 Å². The minimum Gasteiger partial charge on any atom is -0.385 e. The lowest BCUT2D eigenvalue weighted by Crippen LogP contribution is -2.16. The van der Waals surface area contributed by atoms with E-state index in [1.807, 2.05) is 30.3 Å². The van der Waals surface area contributed by atoms with Crippen LogP contribution in [0.5, 0.6) is 0 Å². The summed E-state index contributed by atoms with van der Waals surface area (Å²) >= 11 is 0. The summed E-state index contributed by atoms with van der Waals surface area (Å²) in [6.45, 7) is 2.83. The van der Waals surface area contributed by atoms with Crippen LogP contribution < -0.4 is 5.32 Å². The van der Waals surface area contributed by atoms with E-state index in [2.05, 4.69) is 12.2 Å². The first-order chi connectivity index (χ1) is 9.16. The molecule has 4 nitrogen and oxygen atoms in total. The van der Waals surface area contributed by atoms with Crippen molar-refractivity contribution in [2.75, 3.05) is 26.1 Å². The van der Waals surface area contributed by atoms with Crippen molar-refractivity contribution in [2.24, 2.45) is 0 Å². The molecule has 0 saturated carbocycles. The maximum atomic E-state index is 12.4. The largest absolute Gasteiger partial charge is 0.385 e. The fourth-order valence-electron chi connectivity index (χ4n) is 2.11. The Morgan fingerprint density at radius 3 is 2.32 bits per heavy atom. The van der Waals surface area contributed by atoms with Gasteiger partial charge in [-0.3, -0.25) is 4.57 Å². The van der Waals surface area contributed by atoms with Gasteiger partial charge in [0.25, 0.3) is 0 Å². The van der Waals surface area contributed by atoms with E-state index in [1.54, 1.807) is 0 Å². The Hall–Kier alpha value is -0.830. The third-order valence-corrected chi connectivity index (χ3v) is 5.59. The van der Waals surface area contributed by atoms with Crippen LogP contribution in [0.4, 0.5) is 5.69 Å². The number of rotatable bonds is 9. The van der Waals surface area contributed by atoms with Crippen molar-refractivity contribution in [1.29, 1.82) is 0 Å². The standard InChI is InChI=1S/C14H24NO3P/c1-4-8-14(19(16,17-2)18-3)11-12-15-13-9-6-5-7-10-13/h5-7,9-10,14-15H,4,8,11-12H2,1-3H3/t14-/m1/s1. The van der Waals surface area contributed by atoms with Gasteiger partial charge in [0.15, 0.2) is 0 Å². The topological polar surface area (TPSA) is 47.6 Å². The normalized spacial score (nSPS) is 13.2. The minimum atomic E-state index is -2.97. The third kappa shape index (κ3) is 4.98. The molecule has 0 saturated heterocycles. The van der Waals surface area contributed by atoms with E-state index in [4.69, 9.17) is 9.05 Å². The Kier molecular flexibility index (Phi) is 7.14. The van der Waals surface area contributed by atoms with Gasteiger partial charge in [-0.2, -0.15) is 0 Å². The van der Waals surface area contributed by atoms with Gasteiger partial charge in [0.1, 0.15) is 0 Å². The predicted octanol–water partition coefficient (Wildman–Crippen LogP) is 4.14. The highest BCUT2D eigenvalue weighted by molar-refractivity contribution is 7.54. The third-order valence-electron chi connectivity index (χ3n) is 3.16. The van der Waals surface area contributed by atoms with Crippen LogP contribution >= 0.6 is 7.60 Å². The molecule has 0 aromatic heterocycles. The number of hydrogen-bond acceptors (Lipinski definition) is 4. The van der Waals surface area contributed by atoms with Crippen molar-refractivity contribution in [2.45, 2.75) is 31.8 Å². The predicted molar refractivity (Wildman–Crippen MR) is 79.9 cm³/mol. The quantitative estimate of drug-likeness (QED) is 0.693. The van der Waals surface area contributed by atoms with Crippen LogP contribution in [0, 0.1) is 0 Å². The highest BCUT2D eigenvalue weighted by Crippen LogP contribution is 2.54. The van der Waals surface area contributed by atoms with Gasteiger partial charge >= 0.3 is 7.60 Å². The van der Waals surface area contributed by atoms with E-state index in [9.17, 15) is 4.57 Å². The Bertz CT molecular complexity index is 389. The maximum Gasteiger partial charge on any atom is 0.333 e. The van der Waals surface area contributed by atoms with Crippen LogP contribution in [0.3, 0.4) is 0 Å². The summed E-state index contributed by atoms with van der Waals surface area (Å²) in [5.41, 5.74) is 1.02. The molecule has 1 aromatic carbocycles. The van der Waals surface area contributed by atoms with E-state index < -0.39 is 7.60 Å². The Morgan fingerprint density at radius 1 is 1.16 bits per heavy atom. The van der Waals surface area contributed by atoms with Gasteiger partial charge in [0.2, 0.25) is 0 Å². The van der Waals surface area contributed by atoms with Crippen LogP contribution in [0.2, 0.25) is 0 Å². The van der Waals surface area contributed by atoms with Crippen molar-refractivity contribution in [3.05, 3.63) is 30.3 Å². The fourth-order valence-corrected chi connectivity index (χ4v) is 3.87. The first kappa shape index (κ1) is 16.2. The molecule has 0 aliphatic carbocycles. The van der Waals surface area contributed by atoms with Gasteiger partial charge in [0, 0.05) is 26.5 Å². The maximum absolute atomic E-state index is 12.4. The van der Waals surface area contributed by atoms with E-state index >= 15 is 0 Å². The molecule has 5 heteroatoms. The van der Waals surface area contributed by atoms with E-state index in [1.165, 1.54) is 14.2 Å². The second-order valence-electron chi connectivity index (χ2n) is 4.43. The Labute approximate surface area is 116 Å². The molecule has 0 fully saturated rings. The number of hydrogen-bond donors (Lipinski definition) is 1. The molecule has 19 heavy (non-hydrogen) atoms. The molecule has 1 atom stereocenters. The smallest absolute Gasteiger partial charge is 0.333 e. The van der Waals surface area contributed by atoms with Crippen LogP contribution in [0.15, 0.2) is 30.3 Å². The zero-order chi connectivity index (χ0) is 14.1. The summed E-state index contributed by atoms with van der Waals surface area (Å²) in [6.07, 6.45) is 2.57. The molecule has 0 amide bonds. The van der Waals surface area contributed by atoms with Crippen LogP contribution in [0.25, 0.3) is 0 Å². The van der Waals surface area contributed by atoms with E-state index in [0.717, 1.165) is 31.5 Å². The van der Waals surface area contributed by atoms with Crippen LogP contribution in [-0.4, -0.2) is 26.4 Å². The molecule has 0 heterocycles. The van der Waals surface area contributed by atoms with Gasteiger partial charge in [0.05, 0.1) is 5.66 Å². The summed E-state index contributed by atoms with van der Waals surface area (Å²) in [6, 6.07) is 9.99. The molecular formula is C14H24NO3P. The Morgan fingerprint density at radius 2 is 1.79 bits per heavy atom. The number of anilines is 1. The van der Waals surface area contributed by atoms with E-state index in [0.29, 0.717) is 0 Å². The number of para-hydroxylation sites is 1. The lowest BCUT2D eigenvalue weighted by molar-refractivity contribution is 0.262. The summed E-state index contributed by atoms with van der Waals surface area (Å²) in [5, 5.41) is 3.32. The molecule has 0 radical (unpaired) electrons. The molecule has 0 aliphatic rings. The second kappa shape index (κ2) is 8.36. The molecule has 0 spiro atoms. The van der Waals surface area contributed by atoms with Crippen LogP contribution in [0.1, 0.15) is 26.2 Å². The molecule has 0 aliphatic heterocycles. The zero-order valence-corrected chi connectivity index (χ0v) is 12.9. The van der Waals surface area contributed by atoms with Gasteiger partial charge in [-0.1, -0.05) is 31.5 Å². The minimum absolute atomic E-state index is 0.0521. The molecule has 1 N–H and O–H groups in total. The van der Waals surface area contributed by atoms with Crippen molar-refractivity contribution < 1.29 is 13.6 Å². The highest BCUT2D eigenvalue weighted by atomic mass is 31.2. The van der Waals surface area contributed by atoms with Gasteiger partial charge in [-0.25, -0.2) is 0 Å². The van der Waals surface area contributed by atoms with Crippen molar-refractivity contribution >= 4 is 13.3 Å². The fraction of sp³-hybridized carbons (Fsp3) is 0.571. The monoisotopic (exact) mass is 285 g/mol. The summed E-state index contributed by atoms with van der Waals surface area (Å²) in [7, 11) is -0.0573. The SMILES string of the molecule is CCC[C@H](CCNc1ccccc1)P(=O)(OC)OC. The summed E-state index contributed by atoms with van der Waals surface area (Å²) < 4.78 is 22.6. The zero-order valence-electron chi connectivity index (χ0n) is 12.0. The van der Waals surface area contributed by atoms with Crippen molar-refractivity contribution in [3.63, 3.8) is 0 Å². The molecule has 0 unspecified atom stereocenters. The van der Waals surface area contributed by atoms with Gasteiger partial charge in [-0.05, 0) is 25.0 Å². The van der Waals surface area contributed by atoms with Gasteiger partial charge in [-0.15, -0.1) is 0 Å². The van der Waals surface area contributed by atoms with E-state index in [-0.39, 0.29) is 5.66 Å². The summed E-state index contributed by atoms with van der Waals surface area (Å²) in [4.78, 5) is 0. The number of nitrogens with one attached hydrogen (secondary N) is 1. The lowest BCUT2D eigenvalue weighted by Gasteiger charge is -2.24. The Balaban J connectivity index is 2.53. The molecular weight excluding hydrogens is 261 g/mol. The second-order valence-corrected chi connectivity index (χ2v) is 6.97. The first-order valence-corrected chi connectivity index (χ1v) is 8.27. The highest BCUT2D eigenvalue weighted by Gasteiger charge is 2.32. The van der Waals surface area contributed by atoms with Crippen molar-refractivity contribution in [3.8, 4) is 0 Å². The first-order valence-electron chi connectivity index (χ1n) is 6.66. The van der Waals surface area contributed by atoms with Crippen LogP contribution in [-0.2, 0) is 13.6 Å². The van der Waals surface area contributed by atoms with Gasteiger partial charge < -0.3 is 14.4 Å². The molecule has 108 valence electrons. The summed E-state index contributed by atoms with van der Waals surface area (Å²) in [5.74, 6) is 0. The molecule has 1 rings (SSSR count). The molecule has 1 aromatic rings. The average Bonchev–Trinajstić information content (AvgIpc) is 2.46. The lowest BCUT2D eigenvalue weighted by atomic mass is 10.2. The number of benzene rings is 1.